The molecule has 1 atom stereocenters. The van der Waals surface area contributed by atoms with Crippen molar-refractivity contribution in [2.24, 2.45) is 5.41 Å². The van der Waals surface area contributed by atoms with Crippen molar-refractivity contribution in [2.75, 3.05) is 13.2 Å². The third-order valence-corrected chi connectivity index (χ3v) is 4.15. The maximum atomic E-state index is 12.4. The molecule has 25 heavy (non-hydrogen) atoms. The van der Waals surface area contributed by atoms with E-state index in [9.17, 15) is 4.79 Å². The topological polar surface area (TPSA) is 74.2 Å². The number of nitrogens with zero attached hydrogens (tertiary/aromatic N) is 1. The van der Waals surface area contributed by atoms with Gasteiger partial charge in [0.25, 0.3) is 0 Å². The summed E-state index contributed by atoms with van der Waals surface area (Å²) in [6.45, 7) is 6.65. The molecular formula is C20H27N3O2. The van der Waals surface area contributed by atoms with Crippen LogP contribution in [-0.2, 0) is 0 Å². The van der Waals surface area contributed by atoms with E-state index in [-0.39, 0.29) is 24.1 Å². The lowest BCUT2D eigenvalue weighted by molar-refractivity contribution is 0.200. The van der Waals surface area contributed by atoms with Crippen LogP contribution in [0, 0.1) is 12.3 Å². The largest absolute Gasteiger partial charge is 0.396 e. The predicted molar refractivity (Wildman–Crippen MR) is 99.3 cm³/mol. The van der Waals surface area contributed by atoms with E-state index in [1.165, 1.54) is 0 Å². The molecule has 1 heterocycles. The minimum atomic E-state index is -0.318. The second-order valence-corrected chi connectivity index (χ2v) is 7.07. The number of aromatic nitrogens is 1. The average Bonchev–Trinajstić information content (AvgIpc) is 2.59. The van der Waals surface area contributed by atoms with Crippen molar-refractivity contribution in [2.45, 2.75) is 33.2 Å². The molecule has 5 nitrogen and oxygen atoms in total. The number of hydrogen-bond donors (Lipinski definition) is 3. The standard InChI is InChI=1S/C20H27N3O2/c1-15-7-6-8-16(13-15)18(17-9-4-5-11-21-17)23-19(25)22-14-20(2,3)10-12-24/h4-9,11,13,18,24H,10,12,14H2,1-3H3,(H2,22,23,25). The Morgan fingerprint density at radius 1 is 1.24 bits per heavy atom. The molecule has 2 aromatic rings. The van der Waals surface area contributed by atoms with Gasteiger partial charge >= 0.3 is 6.03 Å². The highest BCUT2D eigenvalue weighted by Gasteiger charge is 2.21. The summed E-state index contributed by atoms with van der Waals surface area (Å²) in [7, 11) is 0. The first-order valence-electron chi connectivity index (χ1n) is 8.54. The molecule has 0 aliphatic heterocycles. The van der Waals surface area contributed by atoms with E-state index in [2.05, 4.69) is 21.7 Å². The summed E-state index contributed by atoms with van der Waals surface area (Å²) < 4.78 is 0. The van der Waals surface area contributed by atoms with Crippen LogP contribution in [0.3, 0.4) is 0 Å². The van der Waals surface area contributed by atoms with Crippen LogP contribution >= 0.6 is 0 Å². The zero-order valence-electron chi connectivity index (χ0n) is 15.1. The summed E-state index contributed by atoms with van der Waals surface area (Å²) in [4.78, 5) is 16.8. The molecule has 0 saturated heterocycles. The molecule has 5 heteroatoms. The number of nitrogens with one attached hydrogen (secondary N) is 2. The SMILES string of the molecule is Cc1cccc(C(NC(=O)NCC(C)(C)CCO)c2ccccn2)c1. The molecule has 1 aromatic carbocycles. The van der Waals surface area contributed by atoms with Crippen molar-refractivity contribution in [1.82, 2.24) is 15.6 Å². The molecule has 2 amide bonds. The third kappa shape index (κ3) is 5.87. The van der Waals surface area contributed by atoms with Crippen LogP contribution in [-0.4, -0.2) is 29.3 Å². The molecule has 1 aromatic heterocycles. The van der Waals surface area contributed by atoms with E-state index in [4.69, 9.17) is 5.11 Å². The van der Waals surface area contributed by atoms with Gasteiger partial charge in [0.1, 0.15) is 0 Å². The van der Waals surface area contributed by atoms with Crippen molar-refractivity contribution in [1.29, 1.82) is 0 Å². The van der Waals surface area contributed by atoms with E-state index in [1.54, 1.807) is 6.20 Å². The van der Waals surface area contributed by atoms with E-state index < -0.39 is 0 Å². The van der Waals surface area contributed by atoms with E-state index in [0.29, 0.717) is 13.0 Å². The quantitative estimate of drug-likeness (QED) is 0.724. The van der Waals surface area contributed by atoms with Gasteiger partial charge in [-0.1, -0.05) is 49.7 Å². The average molecular weight is 341 g/mol. The number of amides is 2. The lowest BCUT2D eigenvalue weighted by Crippen LogP contribution is -2.42. The van der Waals surface area contributed by atoms with Gasteiger partial charge in [-0.25, -0.2) is 4.79 Å². The van der Waals surface area contributed by atoms with Gasteiger partial charge in [0.05, 0.1) is 11.7 Å². The maximum absolute atomic E-state index is 12.4. The Labute approximate surface area is 149 Å². The molecule has 0 aliphatic rings. The second-order valence-electron chi connectivity index (χ2n) is 7.07. The van der Waals surface area contributed by atoms with Crippen molar-refractivity contribution in [3.63, 3.8) is 0 Å². The number of aliphatic hydroxyl groups is 1. The van der Waals surface area contributed by atoms with Crippen LogP contribution < -0.4 is 10.6 Å². The number of aliphatic hydroxyl groups excluding tert-OH is 1. The summed E-state index contributed by atoms with van der Waals surface area (Å²) >= 11 is 0. The van der Waals surface area contributed by atoms with Gasteiger partial charge in [-0.3, -0.25) is 4.98 Å². The van der Waals surface area contributed by atoms with Gasteiger partial charge in [-0.15, -0.1) is 0 Å². The van der Waals surface area contributed by atoms with Gasteiger partial charge < -0.3 is 15.7 Å². The summed E-state index contributed by atoms with van der Waals surface area (Å²) in [5, 5.41) is 15.0. The molecule has 0 aliphatic carbocycles. The summed E-state index contributed by atoms with van der Waals surface area (Å²) in [5.74, 6) is 0. The lowest BCUT2D eigenvalue weighted by Gasteiger charge is -2.25. The highest BCUT2D eigenvalue weighted by atomic mass is 16.3. The van der Waals surface area contributed by atoms with Crippen molar-refractivity contribution >= 4 is 6.03 Å². The molecule has 0 fully saturated rings. The van der Waals surface area contributed by atoms with Gasteiger partial charge in [0.2, 0.25) is 0 Å². The molecule has 134 valence electrons. The van der Waals surface area contributed by atoms with E-state index in [0.717, 1.165) is 16.8 Å². The zero-order valence-corrected chi connectivity index (χ0v) is 15.1. The summed E-state index contributed by atoms with van der Waals surface area (Å²) in [6.07, 6.45) is 2.36. The summed E-state index contributed by atoms with van der Waals surface area (Å²) in [5.41, 5.74) is 2.75. The molecule has 1 unspecified atom stereocenters. The fraction of sp³-hybridized carbons (Fsp3) is 0.400. The van der Waals surface area contributed by atoms with E-state index >= 15 is 0 Å². The normalized spacial score (nSPS) is 12.5. The maximum Gasteiger partial charge on any atom is 0.315 e. The Morgan fingerprint density at radius 2 is 2.04 bits per heavy atom. The molecule has 0 saturated carbocycles. The van der Waals surface area contributed by atoms with Crippen molar-refractivity contribution < 1.29 is 9.90 Å². The number of rotatable bonds is 7. The Hall–Kier alpha value is -2.40. The molecule has 0 bridgehead atoms. The van der Waals surface area contributed by atoms with Gasteiger partial charge in [-0.2, -0.15) is 0 Å². The number of pyridine rings is 1. The fourth-order valence-corrected chi connectivity index (χ4v) is 2.62. The number of urea groups is 1. The number of hydrogen-bond acceptors (Lipinski definition) is 3. The van der Waals surface area contributed by atoms with Crippen LogP contribution in [0.2, 0.25) is 0 Å². The van der Waals surface area contributed by atoms with Crippen molar-refractivity contribution in [3.8, 4) is 0 Å². The third-order valence-electron chi connectivity index (χ3n) is 4.15. The highest BCUT2D eigenvalue weighted by molar-refractivity contribution is 5.75. The Morgan fingerprint density at radius 3 is 2.68 bits per heavy atom. The number of benzene rings is 1. The molecule has 3 N–H and O–H groups in total. The number of carbonyl (C=O) groups excluding carboxylic acids is 1. The monoisotopic (exact) mass is 341 g/mol. The fourth-order valence-electron chi connectivity index (χ4n) is 2.62. The molecule has 0 spiro atoms. The minimum Gasteiger partial charge on any atom is -0.396 e. The Bertz CT molecular complexity index is 686. The predicted octanol–water partition coefficient (Wildman–Crippen LogP) is 3.19. The Balaban J connectivity index is 2.13. The number of aryl methyl sites for hydroxylation is 1. The van der Waals surface area contributed by atoms with Crippen LogP contribution in [0.5, 0.6) is 0 Å². The van der Waals surface area contributed by atoms with Crippen LogP contribution in [0.25, 0.3) is 0 Å². The Kier molecular flexibility index (Phi) is 6.53. The van der Waals surface area contributed by atoms with Crippen molar-refractivity contribution in [3.05, 3.63) is 65.5 Å². The lowest BCUT2D eigenvalue weighted by atomic mass is 9.90. The first-order chi connectivity index (χ1) is 11.9. The molecule has 2 rings (SSSR count). The van der Waals surface area contributed by atoms with Gasteiger partial charge in [0.15, 0.2) is 0 Å². The van der Waals surface area contributed by atoms with Crippen LogP contribution in [0.1, 0.15) is 43.1 Å². The van der Waals surface area contributed by atoms with Crippen LogP contribution in [0.4, 0.5) is 4.79 Å². The number of carbonyl (C=O) groups is 1. The van der Waals surface area contributed by atoms with Crippen LogP contribution in [0.15, 0.2) is 48.7 Å². The smallest absolute Gasteiger partial charge is 0.315 e. The van der Waals surface area contributed by atoms with E-state index in [1.807, 2.05) is 57.2 Å². The summed E-state index contributed by atoms with van der Waals surface area (Å²) in [6, 6.07) is 13.1. The van der Waals surface area contributed by atoms with Gasteiger partial charge in [0, 0.05) is 19.3 Å². The minimum absolute atomic E-state index is 0.107. The highest BCUT2D eigenvalue weighted by Crippen LogP contribution is 2.22. The van der Waals surface area contributed by atoms with Gasteiger partial charge in [-0.05, 0) is 36.5 Å². The first kappa shape index (κ1) is 18.9. The molecular weight excluding hydrogens is 314 g/mol. The second kappa shape index (κ2) is 8.62. The molecule has 0 radical (unpaired) electrons. The first-order valence-corrected chi connectivity index (χ1v) is 8.54. The zero-order chi connectivity index (χ0) is 18.3.